The number of rotatable bonds is 4. The van der Waals surface area contributed by atoms with Crippen molar-refractivity contribution in [2.24, 2.45) is 0 Å². The van der Waals surface area contributed by atoms with Crippen molar-refractivity contribution in [1.82, 2.24) is 19.8 Å². The highest BCUT2D eigenvalue weighted by molar-refractivity contribution is 7.99. The molecule has 102 valence electrons. The molecule has 3 aromatic rings. The Balaban J connectivity index is 1.58. The SMILES string of the molecule is O=C(CSc1nn2cnnc2o1)Nc1cccc(F)c1. The van der Waals surface area contributed by atoms with Gasteiger partial charge in [0, 0.05) is 5.69 Å². The number of carbonyl (C=O) groups is 1. The number of fused-ring (bicyclic) bond motifs is 1. The van der Waals surface area contributed by atoms with Crippen molar-refractivity contribution in [2.75, 3.05) is 11.1 Å². The normalized spacial score (nSPS) is 10.8. The zero-order valence-corrected chi connectivity index (χ0v) is 10.8. The predicted octanol–water partition coefficient (Wildman–Crippen LogP) is 1.59. The molecule has 1 N–H and O–H groups in total. The van der Waals surface area contributed by atoms with Gasteiger partial charge in [0.15, 0.2) is 0 Å². The van der Waals surface area contributed by atoms with Crippen molar-refractivity contribution in [3.8, 4) is 0 Å². The summed E-state index contributed by atoms with van der Waals surface area (Å²) in [6.07, 6.45) is 1.40. The molecule has 0 bridgehead atoms. The first-order chi connectivity index (χ1) is 9.70. The summed E-state index contributed by atoms with van der Waals surface area (Å²) < 4.78 is 19.6. The third kappa shape index (κ3) is 2.77. The lowest BCUT2D eigenvalue weighted by atomic mass is 10.3. The number of halogens is 1. The van der Waals surface area contributed by atoms with Crippen LogP contribution < -0.4 is 5.32 Å². The van der Waals surface area contributed by atoms with Gasteiger partial charge < -0.3 is 9.73 Å². The van der Waals surface area contributed by atoms with Gasteiger partial charge in [-0.2, -0.15) is 4.52 Å². The molecule has 20 heavy (non-hydrogen) atoms. The molecule has 0 saturated heterocycles. The number of benzene rings is 1. The van der Waals surface area contributed by atoms with E-state index in [9.17, 15) is 9.18 Å². The van der Waals surface area contributed by atoms with Gasteiger partial charge in [-0.15, -0.1) is 10.2 Å². The molecule has 0 saturated carbocycles. The summed E-state index contributed by atoms with van der Waals surface area (Å²) in [5, 5.41) is 14.2. The van der Waals surface area contributed by atoms with Crippen molar-refractivity contribution >= 4 is 29.2 Å². The molecule has 1 aromatic carbocycles. The van der Waals surface area contributed by atoms with Crippen LogP contribution in [0.15, 0.2) is 40.2 Å². The van der Waals surface area contributed by atoms with Gasteiger partial charge in [-0.05, 0) is 18.2 Å². The van der Waals surface area contributed by atoms with Crippen LogP contribution in [0.5, 0.6) is 0 Å². The van der Waals surface area contributed by atoms with Gasteiger partial charge in [-0.1, -0.05) is 22.9 Å². The molecular weight excluding hydrogens is 285 g/mol. The molecule has 0 atom stereocenters. The van der Waals surface area contributed by atoms with E-state index in [1.54, 1.807) is 6.07 Å². The number of aromatic nitrogens is 4. The number of anilines is 1. The Hall–Kier alpha value is -2.42. The highest BCUT2D eigenvalue weighted by Gasteiger charge is 2.10. The maximum absolute atomic E-state index is 13.0. The van der Waals surface area contributed by atoms with Crippen molar-refractivity contribution in [1.29, 1.82) is 0 Å². The van der Waals surface area contributed by atoms with Crippen LogP contribution in [-0.2, 0) is 4.79 Å². The number of thioether (sulfide) groups is 1. The summed E-state index contributed by atoms with van der Waals surface area (Å²) in [6, 6.07) is 5.68. The van der Waals surface area contributed by atoms with Crippen LogP contribution in [0.1, 0.15) is 0 Å². The first-order valence-electron chi connectivity index (χ1n) is 5.56. The number of nitrogens with zero attached hydrogens (tertiary/aromatic N) is 4. The molecular formula is C11H8FN5O2S. The Morgan fingerprint density at radius 1 is 1.50 bits per heavy atom. The van der Waals surface area contributed by atoms with Gasteiger partial charge >= 0.3 is 5.84 Å². The van der Waals surface area contributed by atoms with Crippen molar-refractivity contribution in [3.05, 3.63) is 36.4 Å². The average molecular weight is 293 g/mol. The van der Waals surface area contributed by atoms with Crippen molar-refractivity contribution in [3.63, 3.8) is 0 Å². The second kappa shape index (κ2) is 5.29. The lowest BCUT2D eigenvalue weighted by Gasteiger charge is -2.03. The van der Waals surface area contributed by atoms with Crippen LogP contribution in [0.4, 0.5) is 10.1 Å². The van der Waals surface area contributed by atoms with E-state index in [1.165, 1.54) is 29.0 Å². The fraction of sp³-hybridized carbons (Fsp3) is 0.0909. The number of amides is 1. The molecule has 0 aliphatic heterocycles. The third-order valence-corrected chi connectivity index (χ3v) is 3.12. The minimum absolute atomic E-state index is 0.0909. The molecule has 2 aromatic heterocycles. The van der Waals surface area contributed by atoms with Crippen LogP contribution in [0.3, 0.4) is 0 Å². The topological polar surface area (TPSA) is 85.3 Å². The third-order valence-electron chi connectivity index (χ3n) is 2.30. The lowest BCUT2D eigenvalue weighted by molar-refractivity contribution is -0.113. The second-order valence-electron chi connectivity index (χ2n) is 3.77. The highest BCUT2D eigenvalue weighted by Crippen LogP contribution is 2.17. The van der Waals surface area contributed by atoms with Gasteiger partial charge in [0.1, 0.15) is 12.1 Å². The predicted molar refractivity (Wildman–Crippen MR) is 68.8 cm³/mol. The van der Waals surface area contributed by atoms with E-state index in [0.29, 0.717) is 10.9 Å². The Labute approximate surface area is 116 Å². The maximum atomic E-state index is 13.0. The van der Waals surface area contributed by atoms with E-state index in [4.69, 9.17) is 4.42 Å². The van der Waals surface area contributed by atoms with Crippen molar-refractivity contribution < 1.29 is 13.6 Å². The Kier molecular flexibility index (Phi) is 3.33. The van der Waals surface area contributed by atoms with Gasteiger partial charge in [-0.25, -0.2) is 4.39 Å². The summed E-state index contributed by atoms with van der Waals surface area (Å²) in [6.45, 7) is 0. The summed E-state index contributed by atoms with van der Waals surface area (Å²) in [4.78, 5) is 11.7. The maximum Gasteiger partial charge on any atom is 0.345 e. The minimum Gasteiger partial charge on any atom is -0.396 e. The number of nitrogens with one attached hydrogen (secondary N) is 1. The molecule has 3 rings (SSSR count). The number of carbonyl (C=O) groups excluding carboxylic acids is 1. The quantitative estimate of drug-likeness (QED) is 0.735. The van der Waals surface area contributed by atoms with Crippen LogP contribution in [0.2, 0.25) is 0 Å². The van der Waals surface area contributed by atoms with Gasteiger partial charge in [0.25, 0.3) is 5.22 Å². The highest BCUT2D eigenvalue weighted by atomic mass is 32.2. The van der Waals surface area contributed by atoms with E-state index >= 15 is 0 Å². The zero-order valence-electron chi connectivity index (χ0n) is 9.99. The standard InChI is InChI=1S/C11H8FN5O2S/c12-7-2-1-3-8(4-7)14-9(18)5-20-11-16-17-6-13-15-10(17)19-11/h1-4,6H,5H2,(H,14,18). The van der Waals surface area contributed by atoms with Crippen molar-refractivity contribution in [2.45, 2.75) is 5.22 Å². The fourth-order valence-electron chi connectivity index (χ4n) is 1.49. The van der Waals surface area contributed by atoms with Crippen LogP contribution in [0, 0.1) is 5.82 Å². The van der Waals surface area contributed by atoms with E-state index in [1.807, 2.05) is 0 Å². The van der Waals surface area contributed by atoms with Crippen LogP contribution in [0.25, 0.3) is 5.84 Å². The Bertz CT molecular complexity index is 727. The largest absolute Gasteiger partial charge is 0.396 e. The molecule has 0 aliphatic carbocycles. The van der Waals surface area contributed by atoms with Crippen LogP contribution >= 0.6 is 11.8 Å². The smallest absolute Gasteiger partial charge is 0.345 e. The molecule has 2 heterocycles. The molecule has 9 heteroatoms. The first-order valence-corrected chi connectivity index (χ1v) is 6.54. The van der Waals surface area contributed by atoms with Gasteiger partial charge in [-0.3, -0.25) is 4.79 Å². The second-order valence-corrected chi connectivity index (χ2v) is 4.70. The van der Waals surface area contributed by atoms with Crippen LogP contribution in [-0.4, -0.2) is 31.5 Å². The summed E-state index contributed by atoms with van der Waals surface area (Å²) in [5.41, 5.74) is 0.405. The van der Waals surface area contributed by atoms with Gasteiger partial charge in [0.2, 0.25) is 5.91 Å². The van der Waals surface area contributed by atoms with E-state index in [0.717, 1.165) is 11.8 Å². The first kappa shape index (κ1) is 12.6. The molecule has 1 amide bonds. The summed E-state index contributed by atoms with van der Waals surface area (Å²) >= 11 is 1.11. The molecule has 0 radical (unpaired) electrons. The average Bonchev–Trinajstić information content (AvgIpc) is 2.97. The number of hydrogen-bond donors (Lipinski definition) is 1. The lowest BCUT2D eigenvalue weighted by Crippen LogP contribution is -2.14. The summed E-state index contributed by atoms with van der Waals surface area (Å²) in [5.74, 6) is -0.336. The number of hydrogen-bond acceptors (Lipinski definition) is 6. The minimum atomic E-state index is -0.406. The molecule has 0 aliphatic rings. The molecule has 7 nitrogen and oxygen atoms in total. The molecule has 0 spiro atoms. The van der Waals surface area contributed by atoms with Gasteiger partial charge in [0.05, 0.1) is 5.75 Å². The molecule has 0 unspecified atom stereocenters. The Morgan fingerprint density at radius 2 is 2.40 bits per heavy atom. The fourth-order valence-corrected chi connectivity index (χ4v) is 2.10. The zero-order chi connectivity index (χ0) is 13.9. The van der Waals surface area contributed by atoms with E-state index < -0.39 is 5.82 Å². The van der Waals surface area contributed by atoms with E-state index in [2.05, 4.69) is 20.6 Å². The Morgan fingerprint density at radius 3 is 3.20 bits per heavy atom. The van der Waals surface area contributed by atoms with E-state index in [-0.39, 0.29) is 17.5 Å². The summed E-state index contributed by atoms with van der Waals surface area (Å²) in [7, 11) is 0. The monoisotopic (exact) mass is 293 g/mol. The molecule has 0 fully saturated rings.